The average molecular weight is 480 g/mol. The van der Waals surface area contributed by atoms with E-state index >= 15 is 0 Å². The van der Waals surface area contributed by atoms with Crippen LogP contribution in [-0.4, -0.2) is 40.4 Å². The first kappa shape index (κ1) is 23.9. The average Bonchev–Trinajstić information content (AvgIpc) is 2.83. The first-order valence-electron chi connectivity index (χ1n) is 10.7. The van der Waals surface area contributed by atoms with Crippen LogP contribution < -0.4 is 33.0 Å². The summed E-state index contributed by atoms with van der Waals surface area (Å²) in [4.78, 5) is 24.5. The van der Waals surface area contributed by atoms with Crippen LogP contribution in [0.1, 0.15) is 13.8 Å². The van der Waals surface area contributed by atoms with Crippen molar-refractivity contribution in [3.8, 4) is 34.5 Å². The summed E-state index contributed by atoms with van der Waals surface area (Å²) in [5, 5.41) is 3.06. The molecule has 0 fully saturated rings. The highest BCUT2D eigenvalue weighted by molar-refractivity contribution is 6.19. The molecule has 1 aromatic heterocycles. The van der Waals surface area contributed by atoms with E-state index < -0.39 is 11.9 Å². The number of rotatable bonds is 6. The quantitative estimate of drug-likeness (QED) is 0.135. The maximum absolute atomic E-state index is 12.3. The van der Waals surface area contributed by atoms with Gasteiger partial charge in [-0.1, -0.05) is 0 Å². The van der Waals surface area contributed by atoms with Crippen LogP contribution in [0.4, 0.5) is 0 Å². The zero-order valence-corrected chi connectivity index (χ0v) is 20.6. The third-order valence-corrected chi connectivity index (χ3v) is 5.69. The topological polar surface area (TPSA) is 93.4 Å². The lowest BCUT2D eigenvalue weighted by Gasteiger charge is -2.18. The number of aryl methyl sites for hydroxylation is 1. The molecule has 9 heteroatoms. The summed E-state index contributed by atoms with van der Waals surface area (Å²) < 4.78 is 35.4. The van der Waals surface area contributed by atoms with Crippen LogP contribution in [0, 0.1) is 0 Å². The van der Waals surface area contributed by atoms with Crippen molar-refractivity contribution >= 4 is 44.4 Å². The number of hydrogen-bond acceptors (Lipinski definition) is 8. The molecule has 182 valence electrons. The fourth-order valence-corrected chi connectivity index (χ4v) is 4.31. The van der Waals surface area contributed by atoms with Gasteiger partial charge in [-0.3, -0.25) is 9.59 Å². The van der Waals surface area contributed by atoms with Gasteiger partial charge in [-0.15, -0.1) is 0 Å². The van der Waals surface area contributed by atoms with Crippen molar-refractivity contribution in [2.75, 3.05) is 28.4 Å². The van der Waals surface area contributed by atoms with E-state index in [0.717, 1.165) is 5.39 Å². The molecule has 1 heterocycles. The lowest BCUT2D eigenvalue weighted by molar-refractivity contribution is -0.643. The third-order valence-electron chi connectivity index (χ3n) is 5.69. The van der Waals surface area contributed by atoms with Crippen molar-refractivity contribution < 1.29 is 42.6 Å². The van der Waals surface area contributed by atoms with E-state index in [1.165, 1.54) is 28.1 Å². The maximum atomic E-state index is 12.3. The molecular weight excluding hydrogens is 454 g/mol. The molecule has 0 bridgehead atoms. The molecule has 0 atom stereocenters. The number of carbonyl (C=O) groups excluding carboxylic acids is 2. The molecule has 0 aliphatic heterocycles. The highest BCUT2D eigenvalue weighted by Crippen LogP contribution is 2.48. The van der Waals surface area contributed by atoms with Crippen molar-refractivity contribution in [3.05, 3.63) is 30.5 Å². The molecule has 4 rings (SSSR count). The Morgan fingerprint density at radius 1 is 0.657 bits per heavy atom. The monoisotopic (exact) mass is 480 g/mol. The minimum atomic E-state index is -0.511. The van der Waals surface area contributed by atoms with Crippen LogP contribution >= 0.6 is 0 Å². The van der Waals surface area contributed by atoms with Gasteiger partial charge in [-0.25, -0.2) is 0 Å². The molecule has 0 saturated heterocycles. The van der Waals surface area contributed by atoms with Gasteiger partial charge >= 0.3 is 11.9 Å². The summed E-state index contributed by atoms with van der Waals surface area (Å²) in [6, 6.07) is 7.01. The van der Waals surface area contributed by atoms with Gasteiger partial charge in [0.25, 0.3) is 5.52 Å². The fourth-order valence-electron chi connectivity index (χ4n) is 4.31. The van der Waals surface area contributed by atoms with Gasteiger partial charge in [0, 0.05) is 30.0 Å². The number of hydrogen-bond donors (Lipinski definition) is 0. The molecule has 3 aromatic carbocycles. The summed E-state index contributed by atoms with van der Waals surface area (Å²) in [6.07, 6.45) is 1.87. The molecule has 0 saturated carbocycles. The molecular formula is C26H26NO8+. The van der Waals surface area contributed by atoms with E-state index in [2.05, 4.69) is 0 Å². The van der Waals surface area contributed by atoms with E-state index in [9.17, 15) is 9.59 Å². The predicted molar refractivity (Wildman–Crippen MR) is 129 cm³/mol. The van der Waals surface area contributed by atoms with Crippen molar-refractivity contribution in [2.24, 2.45) is 7.05 Å². The van der Waals surface area contributed by atoms with Crippen LogP contribution in [-0.2, 0) is 16.6 Å². The first-order valence-corrected chi connectivity index (χ1v) is 10.7. The van der Waals surface area contributed by atoms with E-state index in [-0.39, 0.29) is 5.75 Å². The Balaban J connectivity index is 2.36. The number of benzene rings is 3. The van der Waals surface area contributed by atoms with E-state index in [1.807, 2.05) is 23.9 Å². The highest BCUT2D eigenvalue weighted by Gasteiger charge is 2.29. The van der Waals surface area contributed by atoms with Gasteiger partial charge in [0.2, 0.25) is 5.75 Å². The summed E-state index contributed by atoms with van der Waals surface area (Å²) in [6.45, 7) is 2.65. The summed E-state index contributed by atoms with van der Waals surface area (Å²) >= 11 is 0. The molecule has 9 nitrogen and oxygen atoms in total. The largest absolute Gasteiger partial charge is 0.493 e. The van der Waals surface area contributed by atoms with Gasteiger partial charge in [0.05, 0.1) is 33.8 Å². The van der Waals surface area contributed by atoms with Gasteiger partial charge in [0.15, 0.2) is 34.9 Å². The molecule has 0 N–H and O–H groups in total. The van der Waals surface area contributed by atoms with Gasteiger partial charge in [-0.05, 0) is 24.3 Å². The van der Waals surface area contributed by atoms with Gasteiger partial charge < -0.3 is 28.4 Å². The summed E-state index contributed by atoms with van der Waals surface area (Å²) in [7, 11) is 7.93. The van der Waals surface area contributed by atoms with Crippen molar-refractivity contribution in [3.63, 3.8) is 0 Å². The molecule has 0 aliphatic carbocycles. The lowest BCUT2D eigenvalue weighted by Crippen LogP contribution is -2.29. The maximum Gasteiger partial charge on any atom is 0.308 e. The molecule has 0 unspecified atom stereocenters. The van der Waals surface area contributed by atoms with Crippen molar-refractivity contribution in [2.45, 2.75) is 13.8 Å². The number of methoxy groups -OCH3 is 4. The number of nitrogens with zero attached hydrogens (tertiary/aromatic N) is 1. The number of aromatic nitrogens is 1. The van der Waals surface area contributed by atoms with Gasteiger partial charge in [-0.2, -0.15) is 4.57 Å². The number of carbonyl (C=O) groups is 2. The van der Waals surface area contributed by atoms with Crippen LogP contribution in [0.3, 0.4) is 0 Å². The Kier molecular flexibility index (Phi) is 6.26. The molecule has 0 aliphatic rings. The van der Waals surface area contributed by atoms with Crippen molar-refractivity contribution in [1.29, 1.82) is 0 Å². The zero-order chi connectivity index (χ0) is 25.4. The molecule has 0 amide bonds. The number of pyridine rings is 1. The van der Waals surface area contributed by atoms with E-state index in [1.54, 1.807) is 32.4 Å². The van der Waals surface area contributed by atoms with Crippen molar-refractivity contribution in [1.82, 2.24) is 0 Å². The second-order valence-electron chi connectivity index (χ2n) is 7.86. The second-order valence-corrected chi connectivity index (χ2v) is 7.86. The zero-order valence-electron chi connectivity index (χ0n) is 20.6. The summed E-state index contributed by atoms with van der Waals surface area (Å²) in [5.41, 5.74) is 0.538. The minimum absolute atomic E-state index is 0.285. The molecule has 0 radical (unpaired) electrons. The van der Waals surface area contributed by atoms with Crippen LogP contribution in [0.5, 0.6) is 34.5 Å². The fraction of sp³-hybridized carbons (Fsp3) is 0.269. The Hall–Kier alpha value is -4.27. The normalized spacial score (nSPS) is 10.9. The molecule has 4 aromatic rings. The molecule has 0 spiro atoms. The third kappa shape index (κ3) is 3.99. The summed E-state index contributed by atoms with van der Waals surface area (Å²) in [5.74, 6) is 1.44. The second kappa shape index (κ2) is 9.17. The minimum Gasteiger partial charge on any atom is -0.493 e. The highest BCUT2D eigenvalue weighted by atomic mass is 16.5. The van der Waals surface area contributed by atoms with Crippen LogP contribution in [0.25, 0.3) is 32.4 Å². The Labute approximate surface area is 201 Å². The van der Waals surface area contributed by atoms with Crippen LogP contribution in [0.2, 0.25) is 0 Å². The number of fused-ring (bicyclic) bond motifs is 4. The van der Waals surface area contributed by atoms with Crippen LogP contribution in [0.15, 0.2) is 30.5 Å². The molecule has 35 heavy (non-hydrogen) atoms. The number of ether oxygens (including phenoxy) is 6. The Bertz CT molecular complexity index is 1510. The Morgan fingerprint density at radius 2 is 1.09 bits per heavy atom. The lowest BCUT2D eigenvalue weighted by atomic mass is 9.98. The SMILES string of the molecule is COc1cc2c[n+](C)c3c(OC(C)=O)c4cc(OC)c(OC)cc4c(OC(C)=O)c3c2cc1OC. The van der Waals surface area contributed by atoms with E-state index in [0.29, 0.717) is 55.8 Å². The first-order chi connectivity index (χ1) is 16.7. The van der Waals surface area contributed by atoms with Gasteiger partial charge in [0.1, 0.15) is 12.4 Å². The van der Waals surface area contributed by atoms with E-state index in [4.69, 9.17) is 28.4 Å². The predicted octanol–water partition coefficient (Wildman–Crippen LogP) is 3.86. The smallest absolute Gasteiger partial charge is 0.308 e. The standard InChI is InChI=1S/C26H26NO8/c1-13(28)34-25-17-10-21(32-6)22(33-7)11-18(17)26(35-14(2)29)24-23(25)16-9-20(31-5)19(30-4)8-15(16)12-27(24)3/h8-12H,1-7H3/q+1. The number of esters is 2. The Morgan fingerprint density at radius 3 is 1.57 bits per heavy atom.